The standard InChI is InChI=1S/C82H160O17P2/c1-6-9-12-15-18-21-23-25-27-29-34-38-42-46-51-56-61-66-80(85)93-72-78(99-82(87)68-63-58-53-48-44-40-36-32-31-33-37-41-45-49-54-59-64-75(4)5)74-97-101(90,91)95-70-76(83)69-94-100(88,89)96-73-77(71-92-79(84)65-60-55-50-20-17-14-11-8-3)98-81(86)67-62-57-52-47-43-39-35-30-28-26-24-22-19-16-13-10-7-2/h75-78,83H,6-74H2,1-5H3,(H,88,89)(H,90,91)/t76-,77+,78+/m0/s1. The first-order valence-corrected chi connectivity index (χ1v) is 45.6. The Morgan fingerprint density at radius 1 is 0.267 bits per heavy atom. The summed E-state index contributed by atoms with van der Waals surface area (Å²) in [6, 6.07) is 0. The predicted molar refractivity (Wildman–Crippen MR) is 414 cm³/mol. The van der Waals surface area contributed by atoms with Crippen molar-refractivity contribution in [1.82, 2.24) is 0 Å². The van der Waals surface area contributed by atoms with Gasteiger partial charge in [-0.25, -0.2) is 9.13 Å². The van der Waals surface area contributed by atoms with Crippen LogP contribution in [0.2, 0.25) is 0 Å². The Labute approximate surface area is 619 Å². The molecular formula is C82H160O17P2. The average Bonchev–Trinajstić information content (AvgIpc) is 0.968. The van der Waals surface area contributed by atoms with Gasteiger partial charge in [0.2, 0.25) is 0 Å². The summed E-state index contributed by atoms with van der Waals surface area (Å²) in [4.78, 5) is 73.0. The number of hydrogen-bond donors (Lipinski definition) is 3. The molecule has 101 heavy (non-hydrogen) atoms. The van der Waals surface area contributed by atoms with Crippen molar-refractivity contribution in [3.05, 3.63) is 0 Å². The van der Waals surface area contributed by atoms with Crippen LogP contribution in [0.4, 0.5) is 0 Å². The SMILES string of the molecule is CCCCCCCCCCCCCCCCCCCC(=O)OC[C@H](COP(=O)(O)OC[C@@H](O)COP(=O)(O)OC[C@@H](COC(=O)CCCCCCCCCC)OC(=O)CCCCCCCCCCCCCCCCCCC)OC(=O)CCCCCCCCCCCCCCCCCCC(C)C. The second-order valence-corrected chi connectivity index (χ2v) is 32.9. The van der Waals surface area contributed by atoms with Crippen LogP contribution in [0.1, 0.15) is 439 Å². The summed E-state index contributed by atoms with van der Waals surface area (Å²) in [5, 5.41) is 10.6. The molecule has 0 aromatic heterocycles. The van der Waals surface area contributed by atoms with Gasteiger partial charge in [-0.05, 0) is 31.6 Å². The molecule has 0 aliphatic rings. The average molecular weight is 1480 g/mol. The lowest BCUT2D eigenvalue weighted by atomic mass is 10.0. The Morgan fingerprint density at radius 3 is 0.673 bits per heavy atom. The van der Waals surface area contributed by atoms with E-state index in [4.69, 9.17) is 37.0 Å². The van der Waals surface area contributed by atoms with Gasteiger partial charge in [0.25, 0.3) is 0 Å². The number of phosphoric ester groups is 2. The molecule has 0 amide bonds. The number of unbranched alkanes of at least 4 members (excludes halogenated alkanes) is 54. The molecule has 2 unspecified atom stereocenters. The van der Waals surface area contributed by atoms with E-state index in [1.807, 2.05) is 0 Å². The van der Waals surface area contributed by atoms with Crippen LogP contribution in [0.25, 0.3) is 0 Å². The third kappa shape index (κ3) is 76.1. The molecule has 0 radical (unpaired) electrons. The largest absolute Gasteiger partial charge is 0.472 e. The van der Waals surface area contributed by atoms with E-state index in [0.717, 1.165) is 95.8 Å². The summed E-state index contributed by atoms with van der Waals surface area (Å²) in [5.41, 5.74) is 0. The first kappa shape index (κ1) is 99.1. The van der Waals surface area contributed by atoms with E-state index in [0.29, 0.717) is 25.7 Å². The summed E-state index contributed by atoms with van der Waals surface area (Å²) in [5.74, 6) is -1.30. The fourth-order valence-corrected chi connectivity index (χ4v) is 14.3. The monoisotopic (exact) mass is 1480 g/mol. The lowest BCUT2D eigenvalue weighted by Crippen LogP contribution is -2.30. The van der Waals surface area contributed by atoms with Gasteiger partial charge in [-0.3, -0.25) is 37.3 Å². The zero-order valence-corrected chi connectivity index (χ0v) is 67.8. The Morgan fingerprint density at radius 2 is 0.455 bits per heavy atom. The van der Waals surface area contributed by atoms with Gasteiger partial charge >= 0.3 is 39.5 Å². The Balaban J connectivity index is 5.19. The van der Waals surface area contributed by atoms with E-state index in [1.165, 1.54) is 263 Å². The van der Waals surface area contributed by atoms with Gasteiger partial charge < -0.3 is 33.8 Å². The van der Waals surface area contributed by atoms with Crippen molar-refractivity contribution in [2.75, 3.05) is 39.6 Å². The highest BCUT2D eigenvalue weighted by atomic mass is 31.2. The van der Waals surface area contributed by atoms with Gasteiger partial charge in [-0.15, -0.1) is 0 Å². The molecule has 0 aliphatic carbocycles. The highest BCUT2D eigenvalue weighted by Crippen LogP contribution is 2.45. The van der Waals surface area contributed by atoms with Crippen molar-refractivity contribution in [1.29, 1.82) is 0 Å². The molecule has 0 bridgehead atoms. The molecule has 0 saturated carbocycles. The molecule has 0 aliphatic heterocycles. The van der Waals surface area contributed by atoms with Crippen molar-refractivity contribution in [2.24, 2.45) is 5.92 Å². The zero-order chi connectivity index (χ0) is 74.1. The number of aliphatic hydroxyl groups is 1. The smallest absolute Gasteiger partial charge is 0.462 e. The summed E-state index contributed by atoms with van der Waals surface area (Å²) < 4.78 is 68.7. The number of carbonyl (C=O) groups is 4. The maximum atomic E-state index is 13.1. The topological polar surface area (TPSA) is 237 Å². The third-order valence-electron chi connectivity index (χ3n) is 19.3. The number of esters is 4. The van der Waals surface area contributed by atoms with E-state index in [9.17, 15) is 43.2 Å². The van der Waals surface area contributed by atoms with Crippen molar-refractivity contribution < 1.29 is 80.2 Å². The minimum absolute atomic E-state index is 0.109. The number of phosphoric acid groups is 2. The Kier molecular flexibility index (Phi) is 73.5. The second-order valence-electron chi connectivity index (χ2n) is 30.0. The van der Waals surface area contributed by atoms with Gasteiger partial charge in [-0.2, -0.15) is 0 Å². The number of carbonyl (C=O) groups excluding carboxylic acids is 4. The number of hydrogen-bond acceptors (Lipinski definition) is 15. The first-order valence-electron chi connectivity index (χ1n) is 42.6. The molecule has 3 N–H and O–H groups in total. The Bertz CT molecular complexity index is 1930. The van der Waals surface area contributed by atoms with Crippen LogP contribution < -0.4 is 0 Å². The summed E-state index contributed by atoms with van der Waals surface area (Å²) >= 11 is 0. The Hall–Kier alpha value is -1.94. The highest BCUT2D eigenvalue weighted by Gasteiger charge is 2.30. The van der Waals surface area contributed by atoms with E-state index in [1.54, 1.807) is 0 Å². The fourth-order valence-electron chi connectivity index (χ4n) is 12.8. The van der Waals surface area contributed by atoms with E-state index >= 15 is 0 Å². The normalized spacial score (nSPS) is 13.8. The summed E-state index contributed by atoms with van der Waals surface area (Å²) in [7, 11) is -9.92. The van der Waals surface area contributed by atoms with Gasteiger partial charge in [0.15, 0.2) is 12.2 Å². The van der Waals surface area contributed by atoms with Crippen LogP contribution in [0, 0.1) is 5.92 Å². The van der Waals surface area contributed by atoms with E-state index < -0.39 is 97.5 Å². The lowest BCUT2D eigenvalue weighted by molar-refractivity contribution is -0.161. The van der Waals surface area contributed by atoms with Crippen molar-refractivity contribution >= 4 is 39.5 Å². The minimum Gasteiger partial charge on any atom is -0.462 e. The van der Waals surface area contributed by atoms with Crippen LogP contribution in [-0.2, 0) is 65.4 Å². The molecule has 0 spiro atoms. The molecule has 0 aromatic carbocycles. The molecule has 5 atom stereocenters. The molecule has 19 heteroatoms. The van der Waals surface area contributed by atoms with Gasteiger partial charge in [0, 0.05) is 25.7 Å². The zero-order valence-electron chi connectivity index (χ0n) is 66.1. The molecule has 600 valence electrons. The van der Waals surface area contributed by atoms with Crippen LogP contribution in [0.15, 0.2) is 0 Å². The molecular weight excluding hydrogens is 1320 g/mol. The van der Waals surface area contributed by atoms with Crippen LogP contribution >= 0.6 is 15.6 Å². The maximum absolute atomic E-state index is 13.1. The maximum Gasteiger partial charge on any atom is 0.472 e. The number of ether oxygens (including phenoxy) is 4. The van der Waals surface area contributed by atoms with Crippen molar-refractivity contribution in [2.45, 2.75) is 457 Å². The van der Waals surface area contributed by atoms with E-state index in [-0.39, 0.29) is 25.7 Å². The van der Waals surface area contributed by atoms with Crippen LogP contribution in [0.5, 0.6) is 0 Å². The lowest BCUT2D eigenvalue weighted by Gasteiger charge is -2.21. The summed E-state index contributed by atoms with van der Waals surface area (Å²) in [6.07, 6.45) is 66.7. The number of rotatable bonds is 82. The minimum atomic E-state index is -4.96. The fraction of sp³-hybridized carbons (Fsp3) is 0.951. The van der Waals surface area contributed by atoms with Gasteiger partial charge in [0.05, 0.1) is 26.4 Å². The van der Waals surface area contributed by atoms with Crippen molar-refractivity contribution in [3.8, 4) is 0 Å². The van der Waals surface area contributed by atoms with Crippen LogP contribution in [-0.4, -0.2) is 96.7 Å². The first-order chi connectivity index (χ1) is 49.0. The van der Waals surface area contributed by atoms with E-state index in [2.05, 4.69) is 34.6 Å². The second kappa shape index (κ2) is 74.9. The molecule has 0 rings (SSSR count). The molecule has 0 heterocycles. The molecule has 0 fully saturated rings. The molecule has 0 aromatic rings. The molecule has 17 nitrogen and oxygen atoms in total. The molecule has 0 saturated heterocycles. The summed E-state index contributed by atoms with van der Waals surface area (Å²) in [6.45, 7) is 7.35. The van der Waals surface area contributed by atoms with Crippen LogP contribution in [0.3, 0.4) is 0 Å². The van der Waals surface area contributed by atoms with Gasteiger partial charge in [0.1, 0.15) is 19.3 Å². The third-order valence-corrected chi connectivity index (χ3v) is 21.2. The predicted octanol–water partition coefficient (Wildman–Crippen LogP) is 24.8. The quantitative estimate of drug-likeness (QED) is 0.0222. The van der Waals surface area contributed by atoms with Gasteiger partial charge in [-0.1, -0.05) is 388 Å². The van der Waals surface area contributed by atoms with Crippen molar-refractivity contribution in [3.63, 3.8) is 0 Å². The highest BCUT2D eigenvalue weighted by molar-refractivity contribution is 7.47. The number of aliphatic hydroxyl groups excluding tert-OH is 1.